The summed E-state index contributed by atoms with van der Waals surface area (Å²) in [6, 6.07) is 10.7. The predicted molar refractivity (Wildman–Crippen MR) is 80.0 cm³/mol. The average molecular weight is 250 g/mol. The first-order chi connectivity index (χ1) is 7.50. The van der Waals surface area contributed by atoms with Crippen molar-refractivity contribution in [3.05, 3.63) is 48.6 Å². The predicted octanol–water partition coefficient (Wildman–Crippen LogP) is 4.57. The second kappa shape index (κ2) is 5.74. The Morgan fingerprint density at radius 2 is 1.75 bits per heavy atom. The molecule has 0 heterocycles. The second-order valence-electron chi connectivity index (χ2n) is 5.19. The van der Waals surface area contributed by atoms with Crippen molar-refractivity contribution < 1.29 is 0 Å². The molecule has 0 aliphatic heterocycles. The minimum absolute atomic E-state index is 0.489. The van der Waals surface area contributed by atoms with Crippen LogP contribution in [0.4, 0.5) is 0 Å². The van der Waals surface area contributed by atoms with Crippen LogP contribution in [0.5, 0.6) is 0 Å². The van der Waals surface area contributed by atoms with E-state index < -0.39 is 8.07 Å². The zero-order valence-corrected chi connectivity index (χ0v) is 12.6. The number of benzene rings is 1. The molecule has 0 saturated carbocycles. The Bertz CT molecular complexity index is 326. The van der Waals surface area contributed by atoms with Crippen LogP contribution in [-0.4, -0.2) is 19.2 Å². The monoisotopic (exact) mass is 250 g/mol. The van der Waals surface area contributed by atoms with Crippen LogP contribution >= 0.6 is 11.8 Å². The van der Waals surface area contributed by atoms with Gasteiger partial charge in [0.05, 0.1) is 8.07 Å². The topological polar surface area (TPSA) is 0 Å². The van der Waals surface area contributed by atoms with Crippen LogP contribution in [0.25, 0.3) is 0 Å². The average Bonchev–Trinajstić information content (AvgIpc) is 2.25. The molecule has 0 aliphatic carbocycles. The molecule has 88 valence electrons. The third-order valence-corrected chi connectivity index (χ3v) is 8.57. The van der Waals surface area contributed by atoms with Gasteiger partial charge in [0.2, 0.25) is 0 Å². The first-order valence-corrected chi connectivity index (χ1v) is 10.6. The van der Waals surface area contributed by atoms with Crippen LogP contribution < -0.4 is 0 Å². The highest BCUT2D eigenvalue weighted by Gasteiger charge is 2.32. The molecule has 0 nitrogen and oxygen atoms in total. The maximum absolute atomic E-state index is 4.03. The molecule has 1 unspecified atom stereocenters. The maximum atomic E-state index is 4.03. The van der Waals surface area contributed by atoms with Crippen molar-refractivity contribution in [3.8, 4) is 0 Å². The second-order valence-corrected chi connectivity index (χ2v) is 11.9. The van der Waals surface area contributed by atoms with Crippen molar-refractivity contribution in [2.75, 3.05) is 6.26 Å². The van der Waals surface area contributed by atoms with Gasteiger partial charge in [0.1, 0.15) is 0 Å². The zero-order chi connectivity index (χ0) is 12.2. The van der Waals surface area contributed by atoms with Gasteiger partial charge in [-0.15, -0.1) is 6.58 Å². The van der Waals surface area contributed by atoms with Gasteiger partial charge in [-0.3, -0.25) is 0 Å². The van der Waals surface area contributed by atoms with Crippen LogP contribution in [0, 0.1) is 0 Å². The lowest BCUT2D eigenvalue weighted by molar-refractivity contribution is 0.912. The molecule has 0 saturated heterocycles. The van der Waals surface area contributed by atoms with E-state index in [1.165, 1.54) is 5.56 Å². The van der Waals surface area contributed by atoms with E-state index in [1.54, 1.807) is 0 Å². The largest absolute Gasteiger partial charge is 0.164 e. The zero-order valence-electron chi connectivity index (χ0n) is 10.7. The number of thioether (sulfide) groups is 1. The van der Waals surface area contributed by atoms with E-state index in [9.17, 15) is 0 Å². The molecule has 2 atom stereocenters. The van der Waals surface area contributed by atoms with Gasteiger partial charge in [-0.05, 0) is 11.8 Å². The molecule has 0 bridgehead atoms. The van der Waals surface area contributed by atoms with Gasteiger partial charge in [-0.2, -0.15) is 11.8 Å². The fourth-order valence-corrected chi connectivity index (χ4v) is 6.94. The number of rotatable bonds is 5. The van der Waals surface area contributed by atoms with Crippen LogP contribution in [-0.2, 0) is 0 Å². The third-order valence-electron chi connectivity index (χ3n) is 2.87. The molecule has 1 aromatic rings. The van der Waals surface area contributed by atoms with Crippen LogP contribution in [0.3, 0.4) is 0 Å². The summed E-state index contributed by atoms with van der Waals surface area (Å²) in [6.45, 7) is 11.3. The summed E-state index contributed by atoms with van der Waals surface area (Å²) in [6.07, 6.45) is 4.34. The van der Waals surface area contributed by atoms with Crippen LogP contribution in [0.1, 0.15) is 11.5 Å². The molecule has 1 aromatic carbocycles. The molecule has 1 rings (SSSR count). The molecule has 0 amide bonds. The summed E-state index contributed by atoms with van der Waals surface area (Å²) in [5.74, 6) is 0.489. The van der Waals surface area contributed by atoms with Crippen molar-refractivity contribution in [1.29, 1.82) is 0 Å². The van der Waals surface area contributed by atoms with Crippen molar-refractivity contribution in [2.24, 2.45) is 0 Å². The summed E-state index contributed by atoms with van der Waals surface area (Å²) < 4.78 is 0. The molecule has 2 heteroatoms. The van der Waals surface area contributed by atoms with Gasteiger partial charge in [-0.1, -0.05) is 56.0 Å². The van der Waals surface area contributed by atoms with E-state index >= 15 is 0 Å². The molecule has 0 aromatic heterocycles. The van der Waals surface area contributed by atoms with E-state index in [0.29, 0.717) is 10.8 Å². The Balaban J connectivity index is 3.02. The van der Waals surface area contributed by atoms with Gasteiger partial charge in [0, 0.05) is 10.8 Å². The Labute approximate surface area is 105 Å². The summed E-state index contributed by atoms with van der Waals surface area (Å²) >= 11 is 1.99. The van der Waals surface area contributed by atoms with Gasteiger partial charge in [0.25, 0.3) is 0 Å². The molecule has 16 heavy (non-hydrogen) atoms. The SMILES string of the molecule is C=CC(c1ccccc1)[C@H](SC)[Si](C)(C)C. The lowest BCUT2D eigenvalue weighted by Crippen LogP contribution is -2.39. The van der Waals surface area contributed by atoms with E-state index in [4.69, 9.17) is 0 Å². The van der Waals surface area contributed by atoms with Crippen LogP contribution in [0.15, 0.2) is 43.0 Å². The Kier molecular flexibility index (Phi) is 4.87. The van der Waals surface area contributed by atoms with Crippen molar-refractivity contribution in [3.63, 3.8) is 0 Å². The molecule has 0 radical (unpaired) electrons. The molecular formula is C14H22SSi. The highest BCUT2D eigenvalue weighted by atomic mass is 32.2. The highest BCUT2D eigenvalue weighted by Crippen LogP contribution is 2.34. The smallest absolute Gasteiger partial charge is 0.0599 e. The van der Waals surface area contributed by atoms with E-state index in [1.807, 2.05) is 11.8 Å². The lowest BCUT2D eigenvalue weighted by Gasteiger charge is -2.33. The molecule has 0 aliphatic rings. The Hall–Kier alpha value is -0.473. The molecule has 0 spiro atoms. The first-order valence-electron chi connectivity index (χ1n) is 5.71. The lowest BCUT2D eigenvalue weighted by atomic mass is 10.0. The number of allylic oxidation sites excluding steroid dienone is 1. The summed E-state index contributed by atoms with van der Waals surface area (Å²) in [4.78, 5) is 0.701. The summed E-state index contributed by atoms with van der Waals surface area (Å²) in [5, 5.41) is 0. The first kappa shape index (κ1) is 13.6. The number of hydrogen-bond donors (Lipinski definition) is 0. The Morgan fingerprint density at radius 1 is 1.19 bits per heavy atom. The van der Waals surface area contributed by atoms with Crippen molar-refractivity contribution >= 4 is 19.8 Å². The fraction of sp³-hybridized carbons (Fsp3) is 0.429. The molecule has 0 N–H and O–H groups in total. The van der Waals surface area contributed by atoms with E-state index in [2.05, 4.69) is 68.9 Å². The van der Waals surface area contributed by atoms with Gasteiger partial charge >= 0.3 is 0 Å². The molecular weight excluding hydrogens is 228 g/mol. The summed E-state index contributed by atoms with van der Waals surface area (Å²) in [7, 11) is -1.16. The normalized spacial score (nSPS) is 15.5. The molecule has 0 fully saturated rings. The van der Waals surface area contributed by atoms with Gasteiger partial charge in [0.15, 0.2) is 0 Å². The van der Waals surface area contributed by atoms with Crippen LogP contribution in [0.2, 0.25) is 19.6 Å². The quantitative estimate of drug-likeness (QED) is 0.545. The number of hydrogen-bond acceptors (Lipinski definition) is 1. The van der Waals surface area contributed by atoms with Crippen molar-refractivity contribution in [1.82, 2.24) is 0 Å². The van der Waals surface area contributed by atoms with E-state index in [-0.39, 0.29) is 0 Å². The van der Waals surface area contributed by atoms with Gasteiger partial charge < -0.3 is 0 Å². The maximum Gasteiger partial charge on any atom is 0.0599 e. The van der Waals surface area contributed by atoms with Crippen molar-refractivity contribution in [2.45, 2.75) is 30.4 Å². The summed E-state index contributed by atoms with van der Waals surface area (Å²) in [5.41, 5.74) is 1.40. The third kappa shape index (κ3) is 3.26. The highest BCUT2D eigenvalue weighted by molar-refractivity contribution is 8.01. The minimum atomic E-state index is -1.16. The Morgan fingerprint density at radius 3 is 2.12 bits per heavy atom. The fourth-order valence-electron chi connectivity index (χ4n) is 2.15. The van der Waals surface area contributed by atoms with Gasteiger partial charge in [-0.25, -0.2) is 0 Å². The minimum Gasteiger partial charge on any atom is -0.164 e. The standard InChI is InChI=1S/C14H22SSi/c1-6-13(12-10-8-7-9-11-12)14(15-2)16(3,4)5/h6-11,13-14H,1H2,2-5H3/t13?,14-/m1/s1. The van der Waals surface area contributed by atoms with E-state index in [0.717, 1.165) is 0 Å².